The van der Waals surface area contributed by atoms with E-state index in [0.29, 0.717) is 12.1 Å². The van der Waals surface area contributed by atoms with Crippen molar-refractivity contribution < 1.29 is 9.53 Å². The van der Waals surface area contributed by atoms with Gasteiger partial charge in [-0.2, -0.15) is 0 Å². The highest BCUT2D eigenvalue weighted by atomic mass is 16.5. The molecule has 3 rings (SSSR count). The maximum Gasteiger partial charge on any atom is 0.326 e. The molecule has 0 unspecified atom stereocenters. The third kappa shape index (κ3) is 2.33. The van der Waals surface area contributed by atoms with Crippen molar-refractivity contribution in [2.24, 2.45) is 0 Å². The van der Waals surface area contributed by atoms with E-state index in [4.69, 9.17) is 4.74 Å². The summed E-state index contributed by atoms with van der Waals surface area (Å²) in [5.74, 6) is 0.388. The van der Waals surface area contributed by atoms with Crippen LogP contribution in [0.5, 0.6) is 5.75 Å². The van der Waals surface area contributed by atoms with E-state index in [-0.39, 0.29) is 18.1 Å². The molecule has 7 nitrogen and oxygen atoms in total. The van der Waals surface area contributed by atoms with Crippen molar-refractivity contribution in [3.05, 3.63) is 61.9 Å². The van der Waals surface area contributed by atoms with Crippen LogP contribution in [0.1, 0.15) is 21.6 Å². The molecule has 0 aliphatic carbocycles. The predicted octanol–water partition coefficient (Wildman–Crippen LogP) is 0.228. The van der Waals surface area contributed by atoms with Crippen molar-refractivity contribution in [2.75, 3.05) is 7.11 Å². The predicted molar refractivity (Wildman–Crippen MR) is 74.3 cm³/mol. The van der Waals surface area contributed by atoms with Gasteiger partial charge in [-0.1, -0.05) is 12.1 Å². The van der Waals surface area contributed by atoms with Gasteiger partial charge in [0.25, 0.3) is 11.5 Å². The van der Waals surface area contributed by atoms with Gasteiger partial charge < -0.3 is 14.6 Å². The molecule has 0 fully saturated rings. The number of rotatable bonds is 3. The first-order valence-electron chi connectivity index (χ1n) is 6.36. The Labute approximate surface area is 119 Å². The highest BCUT2D eigenvalue weighted by Gasteiger charge is 2.30. The van der Waals surface area contributed by atoms with Crippen LogP contribution in [0, 0.1) is 0 Å². The molecule has 1 aromatic heterocycles. The van der Waals surface area contributed by atoms with Gasteiger partial charge in [0.1, 0.15) is 11.4 Å². The summed E-state index contributed by atoms with van der Waals surface area (Å²) in [5.41, 5.74) is 0.110. The number of H-pyrrole nitrogens is 2. The van der Waals surface area contributed by atoms with Gasteiger partial charge in [0.2, 0.25) is 0 Å². The Morgan fingerprint density at radius 3 is 2.52 bits per heavy atom. The number of carbonyl (C=O) groups excluding carboxylic acids is 1. The van der Waals surface area contributed by atoms with E-state index < -0.39 is 11.2 Å². The van der Waals surface area contributed by atoms with Crippen molar-refractivity contribution in [2.45, 2.75) is 13.1 Å². The Kier molecular flexibility index (Phi) is 3.09. The lowest BCUT2D eigenvalue weighted by Gasteiger charge is -2.15. The van der Waals surface area contributed by atoms with Crippen LogP contribution in [0.25, 0.3) is 0 Å². The average molecular weight is 287 g/mol. The first-order chi connectivity index (χ1) is 10.1. The second-order valence-corrected chi connectivity index (χ2v) is 4.77. The average Bonchev–Trinajstić information content (AvgIpc) is 2.78. The molecule has 1 aromatic carbocycles. The molecule has 1 aliphatic rings. The van der Waals surface area contributed by atoms with E-state index in [0.717, 1.165) is 11.3 Å². The molecule has 2 aromatic rings. The van der Waals surface area contributed by atoms with Crippen LogP contribution < -0.4 is 16.0 Å². The smallest absolute Gasteiger partial charge is 0.326 e. The van der Waals surface area contributed by atoms with Crippen molar-refractivity contribution in [1.29, 1.82) is 0 Å². The normalized spacial score (nSPS) is 13.4. The van der Waals surface area contributed by atoms with Crippen molar-refractivity contribution in [3.8, 4) is 5.75 Å². The SMILES string of the molecule is COc1ccc(CN2Cc3c([nH]c(=O)[nH]c3=O)C2=O)cc1. The second-order valence-electron chi connectivity index (χ2n) is 4.77. The van der Waals surface area contributed by atoms with Gasteiger partial charge in [-0.15, -0.1) is 0 Å². The number of nitrogens with zero attached hydrogens (tertiary/aromatic N) is 1. The number of nitrogens with one attached hydrogen (secondary N) is 2. The quantitative estimate of drug-likeness (QED) is 0.844. The molecule has 2 N–H and O–H groups in total. The van der Waals surface area contributed by atoms with Gasteiger partial charge in [-0.25, -0.2) is 4.79 Å². The second kappa shape index (κ2) is 4.93. The van der Waals surface area contributed by atoms with E-state index in [2.05, 4.69) is 9.97 Å². The standard InChI is InChI=1S/C14H13N3O4/c1-21-9-4-2-8(3-5-9)6-17-7-10-11(13(17)19)15-14(20)16-12(10)18/h2-5H,6-7H2,1H3,(H2,15,16,18,20). The van der Waals surface area contributed by atoms with Gasteiger partial charge in [-0.05, 0) is 17.7 Å². The fourth-order valence-corrected chi connectivity index (χ4v) is 2.35. The molecule has 2 heterocycles. The zero-order chi connectivity index (χ0) is 15.0. The zero-order valence-electron chi connectivity index (χ0n) is 11.3. The summed E-state index contributed by atoms with van der Waals surface area (Å²) in [4.78, 5) is 41.2. The van der Waals surface area contributed by atoms with Crippen molar-refractivity contribution >= 4 is 5.91 Å². The largest absolute Gasteiger partial charge is 0.497 e. The fourth-order valence-electron chi connectivity index (χ4n) is 2.35. The van der Waals surface area contributed by atoms with E-state index in [1.54, 1.807) is 19.2 Å². The maximum absolute atomic E-state index is 12.2. The lowest BCUT2D eigenvalue weighted by atomic mass is 10.2. The minimum Gasteiger partial charge on any atom is -0.497 e. The van der Waals surface area contributed by atoms with Gasteiger partial charge in [0.05, 0.1) is 19.2 Å². The van der Waals surface area contributed by atoms with Crippen LogP contribution in [0.15, 0.2) is 33.9 Å². The molecule has 7 heteroatoms. The van der Waals surface area contributed by atoms with Gasteiger partial charge >= 0.3 is 5.69 Å². The van der Waals surface area contributed by atoms with Crippen LogP contribution >= 0.6 is 0 Å². The minimum absolute atomic E-state index is 0.0808. The topological polar surface area (TPSA) is 95.3 Å². The lowest BCUT2D eigenvalue weighted by molar-refractivity contribution is 0.0762. The number of carbonyl (C=O) groups is 1. The number of ether oxygens (including phenoxy) is 1. The van der Waals surface area contributed by atoms with E-state index in [1.807, 2.05) is 12.1 Å². The molecule has 0 radical (unpaired) electrons. The zero-order valence-corrected chi connectivity index (χ0v) is 11.3. The first-order valence-corrected chi connectivity index (χ1v) is 6.36. The molecule has 0 bridgehead atoms. The molecule has 0 atom stereocenters. The number of aromatic nitrogens is 2. The Morgan fingerprint density at radius 2 is 1.86 bits per heavy atom. The highest BCUT2D eigenvalue weighted by molar-refractivity contribution is 5.96. The minimum atomic E-state index is -0.668. The summed E-state index contributed by atoms with van der Waals surface area (Å²) in [6.07, 6.45) is 0. The van der Waals surface area contributed by atoms with Gasteiger partial charge in [0.15, 0.2) is 0 Å². The number of fused-ring (bicyclic) bond motifs is 1. The number of benzene rings is 1. The highest BCUT2D eigenvalue weighted by Crippen LogP contribution is 2.20. The molecule has 108 valence electrons. The summed E-state index contributed by atoms with van der Waals surface area (Å²) in [6.45, 7) is 0.547. The number of hydrogen-bond donors (Lipinski definition) is 2. The maximum atomic E-state index is 12.2. The molecule has 0 spiro atoms. The van der Waals surface area contributed by atoms with E-state index in [9.17, 15) is 14.4 Å². The third-order valence-corrected chi connectivity index (χ3v) is 3.42. The Balaban J connectivity index is 1.86. The summed E-state index contributed by atoms with van der Waals surface area (Å²) in [5, 5.41) is 0. The Morgan fingerprint density at radius 1 is 1.14 bits per heavy atom. The summed E-state index contributed by atoms with van der Waals surface area (Å²) in [6, 6.07) is 7.31. The van der Waals surface area contributed by atoms with E-state index in [1.165, 1.54) is 4.90 Å². The van der Waals surface area contributed by atoms with Gasteiger partial charge in [0, 0.05) is 6.54 Å². The van der Waals surface area contributed by atoms with Crippen LogP contribution in [0.4, 0.5) is 0 Å². The molecular formula is C14H13N3O4. The van der Waals surface area contributed by atoms with Gasteiger partial charge in [-0.3, -0.25) is 14.6 Å². The van der Waals surface area contributed by atoms with Crippen LogP contribution in [-0.2, 0) is 13.1 Å². The van der Waals surface area contributed by atoms with Crippen LogP contribution in [0.3, 0.4) is 0 Å². The molecule has 1 aliphatic heterocycles. The van der Waals surface area contributed by atoms with Crippen molar-refractivity contribution in [3.63, 3.8) is 0 Å². The molecule has 0 saturated heterocycles. The summed E-state index contributed by atoms with van der Waals surface area (Å²) < 4.78 is 5.07. The molecule has 1 amide bonds. The molecule has 21 heavy (non-hydrogen) atoms. The Hall–Kier alpha value is -2.83. The number of methoxy groups -OCH3 is 1. The van der Waals surface area contributed by atoms with Crippen LogP contribution in [-0.4, -0.2) is 27.9 Å². The third-order valence-electron chi connectivity index (χ3n) is 3.42. The Bertz CT molecular complexity index is 804. The first kappa shape index (κ1) is 13.2. The number of amides is 1. The van der Waals surface area contributed by atoms with Crippen molar-refractivity contribution in [1.82, 2.24) is 14.9 Å². The number of hydrogen-bond acceptors (Lipinski definition) is 4. The van der Waals surface area contributed by atoms with Crippen LogP contribution in [0.2, 0.25) is 0 Å². The monoisotopic (exact) mass is 287 g/mol. The summed E-state index contributed by atoms with van der Waals surface area (Å²) in [7, 11) is 1.58. The lowest BCUT2D eigenvalue weighted by Crippen LogP contribution is -2.26. The summed E-state index contributed by atoms with van der Waals surface area (Å²) >= 11 is 0. The molecule has 0 saturated carbocycles. The number of aromatic amines is 2. The molecular weight excluding hydrogens is 274 g/mol. The fraction of sp³-hybridized carbons (Fsp3) is 0.214. The van der Waals surface area contributed by atoms with E-state index >= 15 is 0 Å².